The van der Waals surface area contributed by atoms with Crippen LogP contribution in [0.15, 0.2) is 15.6 Å². The highest BCUT2D eigenvalue weighted by Crippen LogP contribution is 2.23. The minimum absolute atomic E-state index is 0. The minimum Gasteiger partial charge on any atom is -0.448 e. The molecule has 1 aliphatic heterocycles. The number of nitrogens with one attached hydrogen (secondary N) is 2. The fraction of sp³-hybridized carbons (Fsp3) is 0.643. The highest BCUT2D eigenvalue weighted by molar-refractivity contribution is 7.89. The molecule has 1 unspecified atom stereocenters. The lowest BCUT2D eigenvalue weighted by Gasteiger charge is -2.32. The predicted octanol–water partition coefficient (Wildman–Crippen LogP) is 0.990. The van der Waals surface area contributed by atoms with Crippen molar-refractivity contribution >= 4 is 28.3 Å². The molecule has 2 rings (SSSR count). The zero-order chi connectivity index (χ0) is 16.3. The molecule has 0 saturated carbocycles. The molecular weight excluding hydrogens is 342 g/mol. The number of carbonyl (C=O) groups excluding carboxylic acids is 1. The molecular formula is C14H24ClN3O4S. The summed E-state index contributed by atoms with van der Waals surface area (Å²) in [6, 6.07) is 1.31. The van der Waals surface area contributed by atoms with Crippen LogP contribution in [0.5, 0.6) is 0 Å². The van der Waals surface area contributed by atoms with Gasteiger partial charge in [-0.2, -0.15) is 0 Å². The Labute approximate surface area is 143 Å². The largest absolute Gasteiger partial charge is 0.448 e. The highest BCUT2D eigenvalue weighted by Gasteiger charge is 2.28. The smallest absolute Gasteiger partial charge is 0.273 e. The van der Waals surface area contributed by atoms with Crippen molar-refractivity contribution in [1.29, 1.82) is 0 Å². The summed E-state index contributed by atoms with van der Waals surface area (Å²) in [7, 11) is -0.475. The topological polar surface area (TPSA) is 91.7 Å². The van der Waals surface area contributed by atoms with E-state index in [2.05, 4.69) is 10.0 Å². The molecule has 132 valence electrons. The van der Waals surface area contributed by atoms with Crippen LogP contribution in [0.2, 0.25) is 0 Å². The number of hydrogen-bond acceptors (Lipinski definition) is 5. The third kappa shape index (κ3) is 4.47. The van der Waals surface area contributed by atoms with Gasteiger partial charge in [-0.1, -0.05) is 0 Å². The van der Waals surface area contributed by atoms with Crippen LogP contribution in [-0.4, -0.2) is 53.0 Å². The minimum atomic E-state index is -3.68. The fourth-order valence-corrected chi connectivity index (χ4v) is 3.48. The van der Waals surface area contributed by atoms with E-state index in [9.17, 15) is 13.2 Å². The third-order valence-corrected chi connectivity index (χ3v) is 5.23. The van der Waals surface area contributed by atoms with Crippen LogP contribution in [0.25, 0.3) is 0 Å². The first-order chi connectivity index (χ1) is 10.4. The van der Waals surface area contributed by atoms with Crippen molar-refractivity contribution in [3.8, 4) is 0 Å². The molecule has 1 saturated heterocycles. The molecule has 0 radical (unpaired) electrons. The first kappa shape index (κ1) is 20.0. The standard InChI is InChI=1S/C14H23N3O4S.ClH/c1-10-12(7-13(21-10)22(19,20)16-3)14(18)17-6-4-5-11(9-17)8-15-2;/h7,11,15-16H,4-6,8-9H2,1-3H3;1H. The quantitative estimate of drug-likeness (QED) is 0.811. The van der Waals surface area contributed by atoms with Crippen molar-refractivity contribution in [2.75, 3.05) is 33.7 Å². The van der Waals surface area contributed by atoms with E-state index in [0.717, 1.165) is 19.4 Å². The second-order valence-corrected chi connectivity index (χ2v) is 7.38. The van der Waals surface area contributed by atoms with Gasteiger partial charge < -0.3 is 14.6 Å². The van der Waals surface area contributed by atoms with Crippen molar-refractivity contribution < 1.29 is 17.6 Å². The van der Waals surface area contributed by atoms with E-state index >= 15 is 0 Å². The molecule has 23 heavy (non-hydrogen) atoms. The number of amides is 1. The lowest BCUT2D eigenvalue weighted by atomic mass is 9.97. The molecule has 0 bridgehead atoms. The van der Waals surface area contributed by atoms with Gasteiger partial charge in [-0.25, -0.2) is 13.1 Å². The summed E-state index contributed by atoms with van der Waals surface area (Å²) in [5, 5.41) is 2.91. The molecule has 2 heterocycles. The third-order valence-electron chi connectivity index (χ3n) is 3.96. The Hall–Kier alpha value is -1.09. The predicted molar refractivity (Wildman–Crippen MR) is 89.5 cm³/mol. The van der Waals surface area contributed by atoms with E-state index in [0.29, 0.717) is 30.3 Å². The number of rotatable bonds is 5. The second-order valence-electron chi connectivity index (χ2n) is 5.56. The van der Waals surface area contributed by atoms with Gasteiger partial charge in [0, 0.05) is 19.2 Å². The summed E-state index contributed by atoms with van der Waals surface area (Å²) >= 11 is 0. The van der Waals surface area contributed by atoms with Crippen molar-refractivity contribution in [3.63, 3.8) is 0 Å². The Morgan fingerprint density at radius 3 is 2.74 bits per heavy atom. The molecule has 1 fully saturated rings. The number of carbonyl (C=O) groups is 1. The molecule has 7 nitrogen and oxygen atoms in total. The summed E-state index contributed by atoms with van der Waals surface area (Å²) in [5.74, 6) is 0.588. The Bertz CT molecular complexity index is 642. The van der Waals surface area contributed by atoms with Crippen LogP contribution in [0.3, 0.4) is 0 Å². The lowest BCUT2D eigenvalue weighted by molar-refractivity contribution is 0.0672. The maximum absolute atomic E-state index is 12.6. The van der Waals surface area contributed by atoms with Gasteiger partial charge in [0.1, 0.15) is 5.76 Å². The first-order valence-electron chi connectivity index (χ1n) is 7.37. The first-order valence-corrected chi connectivity index (χ1v) is 8.85. The van der Waals surface area contributed by atoms with E-state index in [1.165, 1.54) is 13.1 Å². The average Bonchev–Trinajstić information content (AvgIpc) is 2.90. The van der Waals surface area contributed by atoms with Gasteiger partial charge in [0.05, 0.1) is 5.56 Å². The molecule has 0 aromatic carbocycles. The van der Waals surface area contributed by atoms with E-state index in [1.54, 1.807) is 11.8 Å². The van der Waals surface area contributed by atoms with Crippen LogP contribution < -0.4 is 10.0 Å². The van der Waals surface area contributed by atoms with Gasteiger partial charge in [0.15, 0.2) is 0 Å². The number of aryl methyl sites for hydroxylation is 1. The summed E-state index contributed by atoms with van der Waals surface area (Å²) < 4.78 is 31.0. The molecule has 1 atom stereocenters. The van der Waals surface area contributed by atoms with E-state index in [1.807, 2.05) is 7.05 Å². The Kier molecular flexibility index (Phi) is 7.06. The highest BCUT2D eigenvalue weighted by atomic mass is 35.5. The fourth-order valence-electron chi connectivity index (χ4n) is 2.78. The summed E-state index contributed by atoms with van der Waals surface area (Å²) in [4.78, 5) is 14.4. The number of piperidine rings is 1. The number of hydrogen-bond donors (Lipinski definition) is 2. The molecule has 9 heteroatoms. The zero-order valence-corrected chi connectivity index (χ0v) is 15.2. The van der Waals surface area contributed by atoms with Crippen molar-refractivity contribution in [1.82, 2.24) is 14.9 Å². The molecule has 1 amide bonds. The van der Waals surface area contributed by atoms with Crippen LogP contribution in [0.1, 0.15) is 29.0 Å². The second kappa shape index (κ2) is 8.14. The van der Waals surface area contributed by atoms with Crippen molar-refractivity contribution in [2.24, 2.45) is 5.92 Å². The van der Waals surface area contributed by atoms with Gasteiger partial charge in [-0.15, -0.1) is 12.4 Å². The van der Waals surface area contributed by atoms with E-state index in [4.69, 9.17) is 4.42 Å². The van der Waals surface area contributed by atoms with Crippen molar-refractivity contribution in [3.05, 3.63) is 17.4 Å². The number of furan rings is 1. The molecule has 1 aliphatic rings. The maximum Gasteiger partial charge on any atom is 0.273 e. The van der Waals surface area contributed by atoms with Gasteiger partial charge >= 0.3 is 0 Å². The van der Waals surface area contributed by atoms with Crippen LogP contribution in [0, 0.1) is 12.8 Å². The molecule has 1 aromatic rings. The van der Waals surface area contributed by atoms with E-state index in [-0.39, 0.29) is 23.4 Å². The number of sulfonamides is 1. The molecule has 0 aliphatic carbocycles. The number of nitrogens with zero attached hydrogens (tertiary/aromatic N) is 1. The van der Waals surface area contributed by atoms with E-state index < -0.39 is 10.0 Å². The Balaban J connectivity index is 0.00000264. The lowest BCUT2D eigenvalue weighted by Crippen LogP contribution is -2.42. The molecule has 1 aromatic heterocycles. The van der Waals surface area contributed by atoms with Gasteiger partial charge in [-0.3, -0.25) is 4.79 Å². The monoisotopic (exact) mass is 365 g/mol. The summed E-state index contributed by atoms with van der Waals surface area (Å²) in [5.41, 5.74) is 0.318. The molecule has 0 spiro atoms. The summed E-state index contributed by atoms with van der Waals surface area (Å²) in [6.45, 7) is 3.85. The van der Waals surface area contributed by atoms with Gasteiger partial charge in [0.25, 0.3) is 15.9 Å². The zero-order valence-electron chi connectivity index (χ0n) is 13.6. The summed E-state index contributed by atoms with van der Waals surface area (Å²) in [6.07, 6.45) is 2.05. The number of halogens is 1. The number of likely N-dealkylation sites (tertiary alicyclic amines) is 1. The van der Waals surface area contributed by atoms with Gasteiger partial charge in [-0.05, 0) is 46.3 Å². The van der Waals surface area contributed by atoms with Crippen LogP contribution >= 0.6 is 12.4 Å². The van der Waals surface area contributed by atoms with Crippen LogP contribution in [0.4, 0.5) is 0 Å². The molecule has 2 N–H and O–H groups in total. The SMILES string of the molecule is CNCC1CCCN(C(=O)c2cc(S(=O)(=O)NC)oc2C)C1.Cl. The Morgan fingerprint density at radius 1 is 1.43 bits per heavy atom. The van der Waals surface area contributed by atoms with Crippen molar-refractivity contribution in [2.45, 2.75) is 24.9 Å². The van der Waals surface area contributed by atoms with Gasteiger partial charge in [0.2, 0.25) is 5.09 Å². The van der Waals surface area contributed by atoms with Crippen LogP contribution in [-0.2, 0) is 10.0 Å². The Morgan fingerprint density at radius 2 is 2.13 bits per heavy atom. The maximum atomic E-state index is 12.6. The normalized spacial score (nSPS) is 18.6. The average molecular weight is 366 g/mol.